The summed E-state index contributed by atoms with van der Waals surface area (Å²) in [6, 6.07) is 18.4. The first-order valence-electron chi connectivity index (χ1n) is 7.93. The minimum Gasteiger partial charge on any atom is -0.348 e. The Kier molecular flexibility index (Phi) is 2.49. The normalized spacial score (nSPS) is 12.1. The molecule has 5 aromatic rings. The van der Waals surface area contributed by atoms with Crippen molar-refractivity contribution in [2.24, 2.45) is 7.05 Å². The van der Waals surface area contributed by atoms with Crippen LogP contribution >= 0.6 is 11.3 Å². The molecule has 0 bridgehead atoms. The maximum Gasteiger partial charge on any atom is 0.0486 e. The molecule has 0 aliphatic carbocycles. The summed E-state index contributed by atoms with van der Waals surface area (Å²) in [4.78, 5) is 1.38. The van der Waals surface area contributed by atoms with Crippen molar-refractivity contribution in [2.45, 2.75) is 13.8 Å². The molecule has 0 amide bonds. The minimum atomic E-state index is 1.30. The number of benzene rings is 3. The van der Waals surface area contributed by atoms with Gasteiger partial charge >= 0.3 is 0 Å². The van der Waals surface area contributed by atoms with E-state index in [1.54, 1.807) is 0 Å². The fourth-order valence-electron chi connectivity index (χ4n) is 3.70. The summed E-state index contributed by atoms with van der Waals surface area (Å²) in [5.41, 5.74) is 2.61. The second kappa shape index (κ2) is 4.36. The number of nitrogens with zero attached hydrogens (tertiary/aromatic N) is 1. The molecule has 0 saturated heterocycles. The highest BCUT2D eigenvalue weighted by Gasteiger charge is 2.09. The SMILES string of the molecule is Cc1cc2cc3ccc4cc5cc(C)n(C)c5cc4c3cc2s1. The maximum absolute atomic E-state index is 2.37. The molecule has 0 radical (unpaired) electrons. The lowest BCUT2D eigenvalue weighted by atomic mass is 9.99. The van der Waals surface area contributed by atoms with Crippen LogP contribution in [0.4, 0.5) is 0 Å². The van der Waals surface area contributed by atoms with Crippen LogP contribution in [0.1, 0.15) is 10.6 Å². The van der Waals surface area contributed by atoms with Crippen molar-refractivity contribution in [3.8, 4) is 0 Å². The van der Waals surface area contributed by atoms with Crippen LogP contribution in [0.15, 0.2) is 48.5 Å². The molecule has 23 heavy (non-hydrogen) atoms. The van der Waals surface area contributed by atoms with Crippen LogP contribution < -0.4 is 0 Å². The van der Waals surface area contributed by atoms with Crippen molar-refractivity contribution in [2.75, 3.05) is 0 Å². The Bertz CT molecular complexity index is 1240. The highest BCUT2D eigenvalue weighted by Crippen LogP contribution is 2.35. The molecule has 5 rings (SSSR count). The van der Waals surface area contributed by atoms with Crippen LogP contribution in [0, 0.1) is 13.8 Å². The van der Waals surface area contributed by atoms with Gasteiger partial charge < -0.3 is 4.57 Å². The molecule has 2 heteroatoms. The number of aryl methyl sites for hydroxylation is 3. The standard InChI is InChI=1S/C21H17NS/c1-12-6-16-8-14-4-5-15-9-17-7-13(2)23-21(17)11-19(15)18(14)10-20(16)22(12)3/h4-11H,1-3H3. The average molecular weight is 315 g/mol. The maximum atomic E-state index is 2.37. The van der Waals surface area contributed by atoms with Crippen molar-refractivity contribution < 1.29 is 0 Å². The predicted molar refractivity (Wildman–Crippen MR) is 103 cm³/mol. The fraction of sp³-hybridized carbons (Fsp3) is 0.143. The predicted octanol–water partition coefficient (Wildman–Crippen LogP) is 6.32. The summed E-state index contributed by atoms with van der Waals surface area (Å²) < 4.78 is 3.66. The first-order chi connectivity index (χ1) is 11.1. The van der Waals surface area contributed by atoms with E-state index in [0.717, 1.165) is 0 Å². The van der Waals surface area contributed by atoms with Gasteiger partial charge in [0.25, 0.3) is 0 Å². The van der Waals surface area contributed by atoms with E-state index in [2.05, 4.69) is 74.0 Å². The molecule has 2 heterocycles. The Hall–Kier alpha value is -2.32. The molecule has 3 aromatic carbocycles. The van der Waals surface area contributed by atoms with E-state index in [1.165, 1.54) is 53.1 Å². The van der Waals surface area contributed by atoms with Crippen LogP contribution in [0.3, 0.4) is 0 Å². The van der Waals surface area contributed by atoms with E-state index in [-0.39, 0.29) is 0 Å². The molecule has 0 saturated carbocycles. The van der Waals surface area contributed by atoms with E-state index in [1.807, 2.05) is 11.3 Å². The van der Waals surface area contributed by atoms with Gasteiger partial charge in [-0.05, 0) is 77.2 Å². The second-order valence-electron chi connectivity index (χ2n) is 6.51. The molecule has 2 aromatic heterocycles. The zero-order valence-corrected chi connectivity index (χ0v) is 14.3. The molecule has 0 atom stereocenters. The van der Waals surface area contributed by atoms with Crippen LogP contribution in [-0.4, -0.2) is 4.57 Å². The second-order valence-corrected chi connectivity index (χ2v) is 7.80. The summed E-state index contributed by atoms with van der Waals surface area (Å²) in [5, 5.41) is 8.04. The van der Waals surface area contributed by atoms with Crippen molar-refractivity contribution in [1.82, 2.24) is 4.57 Å². The third-order valence-corrected chi connectivity index (χ3v) is 6.01. The van der Waals surface area contributed by atoms with Crippen molar-refractivity contribution in [1.29, 1.82) is 0 Å². The topological polar surface area (TPSA) is 4.93 Å². The molecule has 1 nitrogen and oxygen atoms in total. The summed E-state index contributed by atoms with van der Waals surface area (Å²) in [7, 11) is 2.15. The average Bonchev–Trinajstić information content (AvgIpc) is 3.02. The van der Waals surface area contributed by atoms with E-state index in [4.69, 9.17) is 0 Å². The number of rotatable bonds is 0. The van der Waals surface area contributed by atoms with Crippen molar-refractivity contribution >= 4 is 53.9 Å². The van der Waals surface area contributed by atoms with Gasteiger partial charge in [-0.2, -0.15) is 0 Å². The Balaban J connectivity index is 1.99. The Morgan fingerprint density at radius 2 is 1.43 bits per heavy atom. The Morgan fingerprint density at radius 3 is 2.22 bits per heavy atom. The van der Waals surface area contributed by atoms with Gasteiger partial charge in [0.15, 0.2) is 0 Å². The lowest BCUT2D eigenvalue weighted by Crippen LogP contribution is -1.89. The van der Waals surface area contributed by atoms with Gasteiger partial charge in [0.05, 0.1) is 0 Å². The Morgan fingerprint density at radius 1 is 0.739 bits per heavy atom. The number of thiophene rings is 1. The van der Waals surface area contributed by atoms with Gasteiger partial charge in [0.1, 0.15) is 0 Å². The quantitative estimate of drug-likeness (QED) is 0.295. The lowest BCUT2D eigenvalue weighted by molar-refractivity contribution is 0.919. The molecule has 0 N–H and O–H groups in total. The molecule has 0 unspecified atom stereocenters. The summed E-state index contributed by atoms with van der Waals surface area (Å²) in [5.74, 6) is 0. The van der Waals surface area contributed by atoms with Crippen LogP contribution in [0.5, 0.6) is 0 Å². The number of fused-ring (bicyclic) bond motifs is 5. The monoisotopic (exact) mass is 315 g/mol. The highest BCUT2D eigenvalue weighted by atomic mass is 32.1. The zero-order valence-electron chi connectivity index (χ0n) is 13.5. The summed E-state index contributed by atoms with van der Waals surface area (Å²) >= 11 is 1.88. The molecule has 0 aliphatic heterocycles. The van der Waals surface area contributed by atoms with Crippen molar-refractivity contribution in [3.05, 3.63) is 59.1 Å². The van der Waals surface area contributed by atoms with Crippen LogP contribution in [0.2, 0.25) is 0 Å². The van der Waals surface area contributed by atoms with Gasteiger partial charge in [0, 0.05) is 33.2 Å². The molecule has 0 fully saturated rings. The third-order valence-electron chi connectivity index (χ3n) is 5.00. The smallest absolute Gasteiger partial charge is 0.0486 e. The van der Waals surface area contributed by atoms with E-state index in [9.17, 15) is 0 Å². The van der Waals surface area contributed by atoms with E-state index in [0.29, 0.717) is 0 Å². The molecular formula is C21H17NS. The number of hydrogen-bond acceptors (Lipinski definition) is 1. The molecule has 0 aliphatic rings. The third kappa shape index (κ3) is 1.79. The fourth-order valence-corrected chi connectivity index (χ4v) is 4.64. The van der Waals surface area contributed by atoms with Gasteiger partial charge in [-0.3, -0.25) is 0 Å². The van der Waals surface area contributed by atoms with E-state index >= 15 is 0 Å². The zero-order chi connectivity index (χ0) is 15.7. The lowest BCUT2D eigenvalue weighted by Gasteiger charge is -2.06. The van der Waals surface area contributed by atoms with E-state index < -0.39 is 0 Å². The van der Waals surface area contributed by atoms with Gasteiger partial charge in [0.2, 0.25) is 0 Å². The largest absolute Gasteiger partial charge is 0.348 e. The molecular weight excluding hydrogens is 298 g/mol. The number of aromatic nitrogens is 1. The molecule has 0 spiro atoms. The van der Waals surface area contributed by atoms with Crippen molar-refractivity contribution in [3.63, 3.8) is 0 Å². The number of hydrogen-bond donors (Lipinski definition) is 0. The van der Waals surface area contributed by atoms with Gasteiger partial charge in [-0.1, -0.05) is 12.1 Å². The minimum absolute atomic E-state index is 1.30. The first kappa shape index (κ1) is 13.1. The highest BCUT2D eigenvalue weighted by molar-refractivity contribution is 7.19. The van der Waals surface area contributed by atoms with Gasteiger partial charge in [-0.25, -0.2) is 0 Å². The van der Waals surface area contributed by atoms with Crippen LogP contribution in [-0.2, 0) is 7.05 Å². The summed E-state index contributed by atoms with van der Waals surface area (Å²) in [6.07, 6.45) is 0. The Labute approximate surface area is 138 Å². The van der Waals surface area contributed by atoms with Gasteiger partial charge in [-0.15, -0.1) is 11.3 Å². The first-order valence-corrected chi connectivity index (χ1v) is 8.74. The van der Waals surface area contributed by atoms with Crippen LogP contribution in [0.25, 0.3) is 42.5 Å². The molecule has 112 valence electrons. The summed E-state index contributed by atoms with van der Waals surface area (Å²) in [6.45, 7) is 4.35.